The number of nitrogens with one attached hydrogen (secondary N) is 2. The van der Waals surface area contributed by atoms with Crippen LogP contribution in [0.2, 0.25) is 0 Å². The second-order valence-corrected chi connectivity index (χ2v) is 13.2. The van der Waals surface area contributed by atoms with Gasteiger partial charge < -0.3 is 29.7 Å². The third-order valence-corrected chi connectivity index (χ3v) is 9.98. The number of esters is 1. The lowest BCUT2D eigenvalue weighted by Crippen LogP contribution is -2.56. The molecule has 4 aliphatic rings. The molecule has 2 N–H and O–H groups in total. The zero-order valence-electron chi connectivity index (χ0n) is 27.8. The number of carbonyl (C=O) groups excluding carboxylic acids is 4. The molecule has 6 rings (SSSR count). The second kappa shape index (κ2) is 14.8. The second-order valence-electron chi connectivity index (χ2n) is 13.2. The maximum atomic E-state index is 14.4. The van der Waals surface area contributed by atoms with Crippen molar-refractivity contribution in [1.82, 2.24) is 30.5 Å². The van der Waals surface area contributed by atoms with E-state index in [2.05, 4.69) is 21.8 Å². The van der Waals surface area contributed by atoms with Crippen molar-refractivity contribution in [2.24, 2.45) is 5.92 Å². The summed E-state index contributed by atoms with van der Waals surface area (Å²) < 4.78 is 16.3. The topological polar surface area (TPSA) is 154 Å². The first kappa shape index (κ1) is 33.5. The van der Waals surface area contributed by atoms with Crippen LogP contribution in [0.25, 0.3) is 11.3 Å². The number of fused-ring (bicyclic) bond motifs is 2. The summed E-state index contributed by atoms with van der Waals surface area (Å²) in [7, 11) is 1.60. The van der Waals surface area contributed by atoms with E-state index >= 15 is 0 Å². The Hall–Kier alpha value is -4.42. The number of hydrogen-bond acceptors (Lipinski definition) is 9. The van der Waals surface area contributed by atoms with Crippen LogP contribution in [0.3, 0.4) is 0 Å². The van der Waals surface area contributed by atoms with Crippen molar-refractivity contribution in [2.45, 2.75) is 107 Å². The Morgan fingerprint density at radius 2 is 1.83 bits per heavy atom. The van der Waals surface area contributed by atoms with Crippen molar-refractivity contribution in [3.8, 4) is 17.0 Å². The molecule has 0 radical (unpaired) electrons. The highest BCUT2D eigenvalue weighted by Gasteiger charge is 2.62. The molecule has 1 saturated heterocycles. The third kappa shape index (κ3) is 7.34. The van der Waals surface area contributed by atoms with E-state index in [1.165, 1.54) is 4.90 Å². The van der Waals surface area contributed by atoms with E-state index in [0.29, 0.717) is 25.0 Å². The molecule has 3 fully saturated rings. The summed E-state index contributed by atoms with van der Waals surface area (Å²) in [5.74, 6) is -0.753. The highest BCUT2D eigenvalue weighted by Crippen LogP contribution is 2.46. The predicted octanol–water partition coefficient (Wildman–Crippen LogP) is 4.09. The van der Waals surface area contributed by atoms with Gasteiger partial charge >= 0.3 is 12.1 Å². The highest BCUT2D eigenvalue weighted by atomic mass is 16.6. The Morgan fingerprint density at radius 1 is 1.06 bits per heavy atom. The van der Waals surface area contributed by atoms with Crippen LogP contribution >= 0.6 is 0 Å². The molecule has 48 heavy (non-hydrogen) atoms. The van der Waals surface area contributed by atoms with E-state index in [1.807, 2.05) is 30.3 Å². The molecule has 2 aliphatic carbocycles. The first-order valence-electron chi connectivity index (χ1n) is 17.3. The van der Waals surface area contributed by atoms with Gasteiger partial charge in [0.1, 0.15) is 35.2 Å². The summed E-state index contributed by atoms with van der Waals surface area (Å²) in [5.41, 5.74) is 0.309. The predicted molar refractivity (Wildman–Crippen MR) is 175 cm³/mol. The summed E-state index contributed by atoms with van der Waals surface area (Å²) in [5, 5.41) is 15.1. The molecule has 0 bridgehead atoms. The van der Waals surface area contributed by atoms with E-state index in [1.54, 1.807) is 25.0 Å². The zero-order chi connectivity index (χ0) is 33.7. The van der Waals surface area contributed by atoms with Crippen LogP contribution in [0.4, 0.5) is 4.79 Å². The number of ether oxygens (including phenoxy) is 3. The average molecular weight is 663 g/mol. The summed E-state index contributed by atoms with van der Waals surface area (Å²) >= 11 is 0. The van der Waals surface area contributed by atoms with Gasteiger partial charge in [-0.05, 0) is 82.6 Å². The molecular weight excluding hydrogens is 616 g/mol. The Kier molecular flexibility index (Phi) is 10.3. The molecule has 258 valence electrons. The van der Waals surface area contributed by atoms with Crippen molar-refractivity contribution in [1.29, 1.82) is 0 Å². The molecule has 2 aliphatic heterocycles. The molecular formula is C35H46N6O7. The Morgan fingerprint density at radius 3 is 2.58 bits per heavy atom. The zero-order valence-corrected chi connectivity index (χ0v) is 27.8. The first-order chi connectivity index (χ1) is 23.3. The third-order valence-electron chi connectivity index (χ3n) is 9.98. The van der Waals surface area contributed by atoms with Gasteiger partial charge in [0.15, 0.2) is 0 Å². The minimum atomic E-state index is -1.18. The van der Waals surface area contributed by atoms with Crippen LogP contribution in [0.15, 0.2) is 42.6 Å². The van der Waals surface area contributed by atoms with E-state index in [4.69, 9.17) is 19.3 Å². The molecule has 3 heterocycles. The Labute approximate surface area is 280 Å². The molecule has 2 saturated carbocycles. The first-order valence-corrected chi connectivity index (χ1v) is 17.3. The fourth-order valence-electron chi connectivity index (χ4n) is 7.17. The fraction of sp³-hybridized carbons (Fsp3) is 0.600. The summed E-state index contributed by atoms with van der Waals surface area (Å²) in [6.45, 7) is 2.08. The lowest BCUT2D eigenvalue weighted by Gasteiger charge is -2.30. The largest absolute Gasteiger partial charge is 0.497 e. The molecule has 1 aromatic heterocycles. The number of methoxy groups -OCH3 is 1. The van der Waals surface area contributed by atoms with Crippen molar-refractivity contribution < 1.29 is 33.4 Å². The van der Waals surface area contributed by atoms with Crippen molar-refractivity contribution in [3.63, 3.8) is 0 Å². The SMILES string of the molecule is CCOC(=O)[C@@]12C[C@H]1C=CCCCCC[C@H](NC(=O)OC1CCCC1)C(=O)N1C[C@H](n3ncc(-c4ccc(OC)cc4)n3)C[C@H]1C(=O)N2. The number of carbonyl (C=O) groups is 4. The maximum absolute atomic E-state index is 14.4. The average Bonchev–Trinajstić information content (AvgIpc) is 3.56. The van der Waals surface area contributed by atoms with Gasteiger partial charge in [-0.15, -0.1) is 0 Å². The number of aromatic nitrogens is 3. The van der Waals surface area contributed by atoms with E-state index in [0.717, 1.165) is 56.3 Å². The lowest BCUT2D eigenvalue weighted by molar-refractivity contribution is -0.150. The number of benzene rings is 1. The van der Waals surface area contributed by atoms with Crippen LogP contribution in [-0.4, -0.2) is 87.8 Å². The Bertz CT molecular complexity index is 1500. The molecule has 1 aromatic carbocycles. The monoisotopic (exact) mass is 662 g/mol. The van der Waals surface area contributed by atoms with Gasteiger partial charge in [-0.2, -0.15) is 15.0 Å². The fourth-order valence-corrected chi connectivity index (χ4v) is 7.17. The van der Waals surface area contributed by atoms with Gasteiger partial charge in [0.25, 0.3) is 0 Å². The van der Waals surface area contributed by atoms with Crippen molar-refractivity contribution >= 4 is 23.9 Å². The number of rotatable bonds is 7. The summed E-state index contributed by atoms with van der Waals surface area (Å²) in [4.78, 5) is 57.8. The number of allylic oxidation sites excluding steroid dienone is 1. The van der Waals surface area contributed by atoms with Gasteiger partial charge in [-0.1, -0.05) is 25.0 Å². The van der Waals surface area contributed by atoms with Crippen LogP contribution < -0.4 is 15.4 Å². The van der Waals surface area contributed by atoms with Crippen molar-refractivity contribution in [3.05, 3.63) is 42.6 Å². The van der Waals surface area contributed by atoms with Crippen LogP contribution in [0.5, 0.6) is 5.75 Å². The van der Waals surface area contributed by atoms with Gasteiger partial charge in [0, 0.05) is 24.4 Å². The van der Waals surface area contributed by atoms with Crippen LogP contribution in [-0.2, 0) is 23.9 Å². The molecule has 0 spiro atoms. The summed E-state index contributed by atoms with van der Waals surface area (Å²) in [6, 6.07) is 5.24. The number of amides is 3. The lowest BCUT2D eigenvalue weighted by atomic mass is 10.0. The molecule has 0 unspecified atom stereocenters. The molecule has 13 heteroatoms. The maximum Gasteiger partial charge on any atom is 0.408 e. The summed E-state index contributed by atoms with van der Waals surface area (Å²) in [6.07, 6.45) is 12.9. The smallest absolute Gasteiger partial charge is 0.408 e. The van der Waals surface area contributed by atoms with Crippen LogP contribution in [0.1, 0.15) is 83.6 Å². The Balaban J connectivity index is 1.27. The minimum Gasteiger partial charge on any atom is -0.497 e. The van der Waals surface area contributed by atoms with Crippen LogP contribution in [0, 0.1) is 5.92 Å². The molecule has 13 nitrogen and oxygen atoms in total. The standard InChI is InChI=1S/C35H46N6O7/c1-3-47-33(44)35-20-24(35)11-7-5-4-6-8-14-28(37-34(45)48-27-12-9-10-13-27)32(43)40-22-25(19-30(40)31(42)38-35)41-36-21-29(39-41)23-15-17-26(46-2)18-16-23/h7,11,15-18,21,24-25,27-28,30H,3-6,8-10,12-14,19-20,22H2,1-2H3,(H,37,45)(H,38,42)/t24-,25-,28+,30+,35-/m1/s1. The highest BCUT2D eigenvalue weighted by molar-refractivity contribution is 5.96. The van der Waals surface area contributed by atoms with Crippen molar-refractivity contribution in [2.75, 3.05) is 20.3 Å². The van der Waals surface area contributed by atoms with E-state index in [9.17, 15) is 19.2 Å². The molecule has 5 atom stereocenters. The van der Waals surface area contributed by atoms with E-state index in [-0.39, 0.29) is 37.5 Å². The van der Waals surface area contributed by atoms with Gasteiger partial charge in [-0.3, -0.25) is 9.59 Å². The van der Waals surface area contributed by atoms with Gasteiger partial charge in [0.05, 0.1) is 26.0 Å². The van der Waals surface area contributed by atoms with E-state index < -0.39 is 41.6 Å². The van der Waals surface area contributed by atoms with Gasteiger partial charge in [0.2, 0.25) is 11.8 Å². The molecule has 2 aromatic rings. The van der Waals surface area contributed by atoms with Gasteiger partial charge in [-0.25, -0.2) is 9.59 Å². The molecule has 3 amide bonds. The quantitative estimate of drug-likeness (QED) is 0.330. The number of nitrogens with zero attached hydrogens (tertiary/aromatic N) is 4. The number of alkyl carbamates (subject to hydrolysis) is 1. The normalized spacial score (nSPS) is 28.0. The minimum absolute atomic E-state index is 0.152. The number of hydrogen-bond donors (Lipinski definition) is 2.